The minimum Gasteiger partial charge on any atom is -0.384 e. The fourth-order valence-corrected chi connectivity index (χ4v) is 3.88. The number of H-pyrrole nitrogens is 1. The molecule has 150 valence electrons. The van der Waals surface area contributed by atoms with Crippen LogP contribution in [0.15, 0.2) is 39.0 Å². The summed E-state index contributed by atoms with van der Waals surface area (Å²) in [6.07, 6.45) is 1.60. The first kappa shape index (κ1) is 19.2. The third kappa shape index (κ3) is 3.75. The maximum Gasteiger partial charge on any atom is 0.330 e. The number of hydrogen-bond acceptors (Lipinski definition) is 8. The monoisotopic (exact) mass is 412 g/mol. The summed E-state index contributed by atoms with van der Waals surface area (Å²) in [5.74, 6) is 0.0808. The van der Waals surface area contributed by atoms with E-state index in [1.807, 2.05) is 31.2 Å². The van der Waals surface area contributed by atoms with Gasteiger partial charge in [0.05, 0.1) is 11.3 Å². The molecule has 1 aliphatic rings. The zero-order valence-electron chi connectivity index (χ0n) is 15.8. The second kappa shape index (κ2) is 7.70. The number of nitrogens with two attached hydrogens (primary N) is 1. The highest BCUT2D eigenvalue weighted by molar-refractivity contribution is 7.99. The summed E-state index contributed by atoms with van der Waals surface area (Å²) in [7, 11) is 0. The Morgan fingerprint density at radius 3 is 2.79 bits per heavy atom. The van der Waals surface area contributed by atoms with E-state index in [9.17, 15) is 14.4 Å². The molecule has 2 aromatic heterocycles. The number of nitrogens with zero attached hydrogens (tertiary/aromatic N) is 3. The fraction of sp³-hybridized carbons (Fsp3) is 0.316. The van der Waals surface area contributed by atoms with Gasteiger partial charge in [0.1, 0.15) is 17.2 Å². The molecular formula is C19H20N6O3S. The van der Waals surface area contributed by atoms with Gasteiger partial charge in [0.15, 0.2) is 10.9 Å². The molecule has 1 fully saturated rings. The smallest absolute Gasteiger partial charge is 0.330 e. The van der Waals surface area contributed by atoms with Crippen LogP contribution in [-0.2, 0) is 0 Å². The molecule has 4 N–H and O–H groups in total. The van der Waals surface area contributed by atoms with Gasteiger partial charge in [0, 0.05) is 18.0 Å². The number of hydrogen-bond donors (Lipinski definition) is 3. The van der Waals surface area contributed by atoms with Crippen molar-refractivity contribution < 1.29 is 4.79 Å². The zero-order valence-corrected chi connectivity index (χ0v) is 16.6. The van der Waals surface area contributed by atoms with Crippen molar-refractivity contribution in [2.24, 2.45) is 0 Å². The largest absolute Gasteiger partial charge is 0.384 e. The number of thioether (sulfide) groups is 1. The number of nitrogens with one attached hydrogen (secondary N) is 2. The molecular weight excluding hydrogens is 392 g/mol. The second-order valence-electron chi connectivity index (χ2n) is 6.73. The molecule has 1 saturated carbocycles. The molecule has 0 bridgehead atoms. The van der Waals surface area contributed by atoms with Gasteiger partial charge in [-0.3, -0.25) is 19.1 Å². The number of carbonyl (C=O) groups excluding carboxylic acids is 1. The third-order valence-electron chi connectivity index (χ3n) is 4.63. The number of benzene rings is 1. The van der Waals surface area contributed by atoms with E-state index in [0.29, 0.717) is 17.5 Å². The van der Waals surface area contributed by atoms with Crippen LogP contribution in [0.1, 0.15) is 36.2 Å². The minimum absolute atomic E-state index is 0.0509. The molecule has 0 radical (unpaired) electrons. The van der Waals surface area contributed by atoms with Crippen molar-refractivity contribution in [2.75, 3.05) is 23.3 Å². The van der Waals surface area contributed by atoms with Crippen molar-refractivity contribution in [2.45, 2.75) is 31.0 Å². The average molecular weight is 412 g/mol. The molecule has 0 spiro atoms. The molecule has 0 aliphatic heterocycles. The van der Waals surface area contributed by atoms with Crippen molar-refractivity contribution in [3.8, 4) is 0 Å². The van der Waals surface area contributed by atoms with Gasteiger partial charge < -0.3 is 11.1 Å². The number of Topliss-reactive ketones (excluding diaryl/α,β-unsaturated/α-hetero) is 1. The highest BCUT2D eigenvalue weighted by Gasteiger charge is 2.30. The fourth-order valence-electron chi connectivity index (χ4n) is 3.16. The minimum atomic E-state index is -0.761. The Morgan fingerprint density at radius 1 is 1.31 bits per heavy atom. The lowest BCUT2D eigenvalue weighted by Gasteiger charge is -2.11. The van der Waals surface area contributed by atoms with Crippen LogP contribution in [0.4, 0.5) is 11.6 Å². The van der Waals surface area contributed by atoms with Crippen LogP contribution < -0.4 is 22.3 Å². The number of para-hydroxylation sites is 1. The Hall–Kier alpha value is -3.14. The van der Waals surface area contributed by atoms with Crippen LogP contribution in [0.5, 0.6) is 0 Å². The molecule has 2 heterocycles. The van der Waals surface area contributed by atoms with Crippen molar-refractivity contribution in [3.63, 3.8) is 0 Å². The Kier molecular flexibility index (Phi) is 5.10. The van der Waals surface area contributed by atoms with E-state index in [4.69, 9.17) is 5.73 Å². The van der Waals surface area contributed by atoms with Gasteiger partial charge in [-0.1, -0.05) is 23.9 Å². The average Bonchev–Trinajstić information content (AvgIpc) is 3.51. The van der Waals surface area contributed by atoms with Crippen LogP contribution in [0.3, 0.4) is 0 Å². The molecule has 0 amide bonds. The number of carbonyl (C=O) groups is 1. The topological polar surface area (TPSA) is 136 Å². The van der Waals surface area contributed by atoms with E-state index >= 15 is 0 Å². The third-order valence-corrected chi connectivity index (χ3v) is 5.48. The van der Waals surface area contributed by atoms with E-state index in [-0.39, 0.29) is 23.2 Å². The number of fused-ring (bicyclic) bond motifs is 1. The zero-order chi connectivity index (χ0) is 20.5. The normalized spacial score (nSPS) is 13.6. The number of rotatable bonds is 7. The van der Waals surface area contributed by atoms with Gasteiger partial charge in [0.25, 0.3) is 5.56 Å². The lowest BCUT2D eigenvalue weighted by molar-refractivity contribution is 0.102. The van der Waals surface area contributed by atoms with Crippen molar-refractivity contribution in [1.82, 2.24) is 19.5 Å². The molecule has 0 saturated heterocycles. The molecule has 1 aromatic carbocycles. The highest BCUT2D eigenvalue weighted by atomic mass is 32.2. The Bertz CT molecular complexity index is 1210. The van der Waals surface area contributed by atoms with Gasteiger partial charge in [-0.25, -0.2) is 14.8 Å². The number of ketones is 1. The standard InChI is InChI=1S/C19H20N6O3S/c1-2-21-16-11-5-3-4-6-12(11)22-18(23-16)29-9-13(26)14-15(20)25(10-7-8-10)19(28)24-17(14)27/h3-6,10H,2,7-9,20H2,1H3,(H,21,22,23)(H,24,27,28). The van der Waals surface area contributed by atoms with Gasteiger partial charge >= 0.3 is 5.69 Å². The predicted molar refractivity (Wildman–Crippen MR) is 113 cm³/mol. The lowest BCUT2D eigenvalue weighted by Crippen LogP contribution is -2.36. The highest BCUT2D eigenvalue weighted by Crippen LogP contribution is 2.35. The molecule has 29 heavy (non-hydrogen) atoms. The number of aromatic nitrogens is 4. The van der Waals surface area contributed by atoms with Crippen LogP contribution in [0.25, 0.3) is 10.9 Å². The quantitative estimate of drug-likeness (QED) is 0.304. The molecule has 3 aromatic rings. The van der Waals surface area contributed by atoms with Crippen molar-refractivity contribution >= 4 is 40.1 Å². The van der Waals surface area contributed by atoms with Crippen LogP contribution >= 0.6 is 11.8 Å². The molecule has 0 unspecified atom stereocenters. The molecule has 1 aliphatic carbocycles. The molecule has 4 rings (SSSR count). The number of nitrogen functional groups attached to an aromatic ring is 1. The summed E-state index contributed by atoms with van der Waals surface area (Å²) >= 11 is 1.12. The van der Waals surface area contributed by atoms with Gasteiger partial charge in [-0.05, 0) is 31.9 Å². The SMILES string of the molecule is CCNc1nc(SCC(=O)c2c(N)n(C3CC3)c(=O)[nH]c2=O)nc2ccccc12. The molecule has 0 atom stereocenters. The van der Waals surface area contributed by atoms with Crippen LogP contribution in [0, 0.1) is 0 Å². The van der Waals surface area contributed by atoms with Gasteiger partial charge in [0.2, 0.25) is 0 Å². The summed E-state index contributed by atoms with van der Waals surface area (Å²) in [5.41, 5.74) is 5.24. The summed E-state index contributed by atoms with van der Waals surface area (Å²) in [6.45, 7) is 2.66. The van der Waals surface area contributed by atoms with E-state index < -0.39 is 17.0 Å². The van der Waals surface area contributed by atoms with E-state index in [2.05, 4.69) is 20.3 Å². The maximum absolute atomic E-state index is 12.7. The van der Waals surface area contributed by atoms with Gasteiger partial charge in [-0.2, -0.15) is 0 Å². The number of aromatic amines is 1. The second-order valence-corrected chi connectivity index (χ2v) is 7.68. The van der Waals surface area contributed by atoms with Gasteiger partial charge in [-0.15, -0.1) is 0 Å². The van der Waals surface area contributed by atoms with Crippen molar-refractivity contribution in [3.05, 3.63) is 50.7 Å². The van der Waals surface area contributed by atoms with Crippen molar-refractivity contribution in [1.29, 1.82) is 0 Å². The number of anilines is 2. The first-order valence-corrected chi connectivity index (χ1v) is 10.3. The summed E-state index contributed by atoms with van der Waals surface area (Å²) in [5, 5.41) is 4.51. The summed E-state index contributed by atoms with van der Waals surface area (Å²) in [4.78, 5) is 48.1. The lowest BCUT2D eigenvalue weighted by atomic mass is 10.2. The Labute approximate surface area is 169 Å². The molecule has 9 nitrogen and oxygen atoms in total. The van der Waals surface area contributed by atoms with E-state index in [1.165, 1.54) is 4.57 Å². The van der Waals surface area contributed by atoms with E-state index in [0.717, 1.165) is 35.5 Å². The predicted octanol–water partition coefficient (Wildman–Crippen LogP) is 1.80. The maximum atomic E-state index is 12.7. The Balaban J connectivity index is 1.62. The summed E-state index contributed by atoms with van der Waals surface area (Å²) in [6, 6.07) is 7.54. The van der Waals surface area contributed by atoms with Crippen LogP contribution in [0.2, 0.25) is 0 Å². The Morgan fingerprint density at radius 2 is 2.07 bits per heavy atom. The molecule has 10 heteroatoms. The summed E-state index contributed by atoms with van der Waals surface area (Å²) < 4.78 is 1.30. The first-order chi connectivity index (χ1) is 14.0. The van der Waals surface area contributed by atoms with E-state index in [1.54, 1.807) is 0 Å². The first-order valence-electron chi connectivity index (χ1n) is 9.30. The van der Waals surface area contributed by atoms with Crippen LogP contribution in [-0.4, -0.2) is 37.6 Å².